The number of carbonyl (C=O) groups is 1. The van der Waals surface area contributed by atoms with Crippen LogP contribution in [0.5, 0.6) is 5.75 Å². The molecule has 3 rings (SSSR count). The van der Waals surface area contributed by atoms with Gasteiger partial charge in [0.1, 0.15) is 5.75 Å². The van der Waals surface area contributed by atoms with Gasteiger partial charge in [-0.05, 0) is 30.3 Å². The maximum Gasteiger partial charge on any atom is 0.259 e. The molecule has 23 heavy (non-hydrogen) atoms. The van der Waals surface area contributed by atoms with E-state index in [9.17, 15) is 4.79 Å². The fourth-order valence-corrected chi connectivity index (χ4v) is 2.48. The first kappa shape index (κ1) is 15.1. The molecule has 0 saturated carbocycles. The molecule has 0 saturated heterocycles. The molecule has 3 aromatic rings. The first-order chi connectivity index (χ1) is 11.2. The molecular formula is C17H14ClN3O2. The number of pyridine rings is 1. The molecule has 0 bridgehead atoms. The van der Waals surface area contributed by atoms with Crippen LogP contribution >= 0.6 is 11.6 Å². The van der Waals surface area contributed by atoms with Gasteiger partial charge in [0, 0.05) is 36.5 Å². The van der Waals surface area contributed by atoms with Crippen LogP contribution < -0.4 is 10.1 Å². The van der Waals surface area contributed by atoms with Crippen LogP contribution in [0.25, 0.3) is 5.69 Å². The van der Waals surface area contributed by atoms with Crippen molar-refractivity contribution < 1.29 is 9.53 Å². The molecule has 0 aliphatic heterocycles. The standard InChI is InChI=1S/C17H14ClN3O2/c1-23-16-11-15(21-8-2-3-9-21)14(18)10-13(16)17(22)20-12-4-6-19-7-5-12/h2-11H,1H3,(H,19,20,22). The highest BCUT2D eigenvalue weighted by atomic mass is 35.5. The lowest BCUT2D eigenvalue weighted by Gasteiger charge is -2.13. The average Bonchev–Trinajstić information content (AvgIpc) is 3.09. The fraction of sp³-hybridized carbons (Fsp3) is 0.0588. The summed E-state index contributed by atoms with van der Waals surface area (Å²) in [6.45, 7) is 0. The smallest absolute Gasteiger partial charge is 0.259 e. The SMILES string of the molecule is COc1cc(-n2cccc2)c(Cl)cc1C(=O)Nc1ccncc1. The molecule has 1 N–H and O–H groups in total. The molecule has 1 amide bonds. The van der Waals surface area contributed by atoms with Gasteiger partial charge in [-0.2, -0.15) is 0 Å². The van der Waals surface area contributed by atoms with E-state index < -0.39 is 0 Å². The quantitative estimate of drug-likeness (QED) is 0.793. The zero-order valence-electron chi connectivity index (χ0n) is 12.4. The van der Waals surface area contributed by atoms with Crippen molar-refractivity contribution in [3.8, 4) is 11.4 Å². The predicted molar refractivity (Wildman–Crippen MR) is 89.5 cm³/mol. The first-order valence-electron chi connectivity index (χ1n) is 6.91. The molecule has 0 fully saturated rings. The van der Waals surface area contributed by atoms with Gasteiger partial charge in [0.2, 0.25) is 0 Å². The number of methoxy groups -OCH3 is 1. The topological polar surface area (TPSA) is 56.1 Å². The summed E-state index contributed by atoms with van der Waals surface area (Å²) < 4.78 is 7.21. The summed E-state index contributed by atoms with van der Waals surface area (Å²) in [4.78, 5) is 16.4. The van der Waals surface area contributed by atoms with Gasteiger partial charge in [0.05, 0.1) is 23.4 Å². The molecule has 0 radical (unpaired) electrons. The van der Waals surface area contributed by atoms with Crippen LogP contribution in [-0.2, 0) is 0 Å². The van der Waals surface area contributed by atoms with Crippen molar-refractivity contribution in [2.45, 2.75) is 0 Å². The van der Waals surface area contributed by atoms with Gasteiger partial charge in [0.15, 0.2) is 0 Å². The lowest BCUT2D eigenvalue weighted by atomic mass is 10.1. The Bertz CT molecular complexity index is 817. The minimum absolute atomic E-state index is 0.297. The van der Waals surface area contributed by atoms with Crippen LogP contribution in [-0.4, -0.2) is 22.6 Å². The summed E-state index contributed by atoms with van der Waals surface area (Å²) in [7, 11) is 1.52. The third kappa shape index (κ3) is 3.19. The number of benzene rings is 1. The largest absolute Gasteiger partial charge is 0.496 e. The number of hydrogen-bond acceptors (Lipinski definition) is 3. The summed E-state index contributed by atoms with van der Waals surface area (Å²) >= 11 is 6.33. The lowest BCUT2D eigenvalue weighted by Crippen LogP contribution is -2.13. The number of aromatic nitrogens is 2. The fourth-order valence-electron chi connectivity index (χ4n) is 2.22. The van der Waals surface area contributed by atoms with Gasteiger partial charge in [-0.1, -0.05) is 11.6 Å². The number of anilines is 1. The molecule has 116 valence electrons. The van der Waals surface area contributed by atoms with E-state index in [2.05, 4.69) is 10.3 Å². The second-order valence-corrected chi connectivity index (χ2v) is 5.19. The highest BCUT2D eigenvalue weighted by Gasteiger charge is 2.16. The minimum atomic E-state index is -0.297. The molecule has 2 aromatic heterocycles. The highest BCUT2D eigenvalue weighted by Crippen LogP contribution is 2.30. The third-order valence-electron chi connectivity index (χ3n) is 3.33. The summed E-state index contributed by atoms with van der Waals surface area (Å²) in [6, 6.07) is 10.6. The summed E-state index contributed by atoms with van der Waals surface area (Å²) in [5.41, 5.74) is 1.76. The molecule has 6 heteroatoms. The van der Waals surface area contributed by atoms with Crippen molar-refractivity contribution in [3.05, 3.63) is 71.8 Å². The maximum atomic E-state index is 12.5. The zero-order chi connectivity index (χ0) is 16.2. The number of halogens is 1. The van der Waals surface area contributed by atoms with Crippen LogP contribution in [0.1, 0.15) is 10.4 Å². The first-order valence-corrected chi connectivity index (χ1v) is 7.29. The van der Waals surface area contributed by atoms with Gasteiger partial charge in [-0.3, -0.25) is 9.78 Å². The molecule has 0 aliphatic rings. The Balaban J connectivity index is 1.96. The third-order valence-corrected chi connectivity index (χ3v) is 3.64. The minimum Gasteiger partial charge on any atom is -0.496 e. The van der Waals surface area contributed by atoms with Crippen LogP contribution in [0, 0.1) is 0 Å². The Morgan fingerprint density at radius 1 is 1.22 bits per heavy atom. The number of nitrogens with zero attached hydrogens (tertiary/aromatic N) is 2. The van der Waals surface area contributed by atoms with Gasteiger partial charge in [-0.25, -0.2) is 0 Å². The molecule has 0 atom stereocenters. The van der Waals surface area contributed by atoms with Crippen molar-refractivity contribution in [2.75, 3.05) is 12.4 Å². The van der Waals surface area contributed by atoms with Gasteiger partial charge in [-0.15, -0.1) is 0 Å². The molecular weight excluding hydrogens is 314 g/mol. The van der Waals surface area contributed by atoms with E-state index in [-0.39, 0.29) is 5.91 Å². The Morgan fingerprint density at radius 2 is 1.91 bits per heavy atom. The Hall–Kier alpha value is -2.79. The predicted octanol–water partition coefficient (Wildman–Crippen LogP) is 3.79. The number of nitrogens with one attached hydrogen (secondary N) is 1. The second-order valence-electron chi connectivity index (χ2n) is 4.78. The highest BCUT2D eigenvalue weighted by molar-refractivity contribution is 6.33. The lowest BCUT2D eigenvalue weighted by molar-refractivity contribution is 0.102. The second kappa shape index (κ2) is 6.54. The summed E-state index contributed by atoms with van der Waals surface area (Å²) in [5.74, 6) is 0.152. The van der Waals surface area contributed by atoms with E-state index in [4.69, 9.17) is 16.3 Å². The molecule has 1 aromatic carbocycles. The zero-order valence-corrected chi connectivity index (χ0v) is 13.1. The van der Waals surface area contributed by atoms with E-state index in [1.807, 2.05) is 29.1 Å². The van der Waals surface area contributed by atoms with E-state index in [0.717, 1.165) is 5.69 Å². The number of amides is 1. The van der Waals surface area contributed by atoms with E-state index in [0.29, 0.717) is 22.0 Å². The monoisotopic (exact) mass is 327 g/mol. The van der Waals surface area contributed by atoms with E-state index in [1.54, 1.807) is 36.7 Å². The Labute approximate surface area is 138 Å². The van der Waals surface area contributed by atoms with E-state index >= 15 is 0 Å². The van der Waals surface area contributed by atoms with Crippen molar-refractivity contribution in [1.29, 1.82) is 0 Å². The summed E-state index contributed by atoms with van der Waals surface area (Å²) in [6.07, 6.45) is 6.96. The number of rotatable bonds is 4. The van der Waals surface area contributed by atoms with Gasteiger partial charge < -0.3 is 14.6 Å². The number of ether oxygens (including phenoxy) is 1. The van der Waals surface area contributed by atoms with Crippen LogP contribution in [0.2, 0.25) is 5.02 Å². The molecule has 0 spiro atoms. The molecule has 2 heterocycles. The summed E-state index contributed by atoms with van der Waals surface area (Å²) in [5, 5.41) is 3.25. The van der Waals surface area contributed by atoms with Crippen molar-refractivity contribution >= 4 is 23.2 Å². The number of hydrogen-bond donors (Lipinski definition) is 1. The molecule has 5 nitrogen and oxygen atoms in total. The molecule has 0 aliphatic carbocycles. The Kier molecular flexibility index (Phi) is 4.30. The van der Waals surface area contributed by atoms with Crippen LogP contribution in [0.15, 0.2) is 61.2 Å². The molecule has 0 unspecified atom stereocenters. The maximum absolute atomic E-state index is 12.5. The van der Waals surface area contributed by atoms with E-state index in [1.165, 1.54) is 7.11 Å². The van der Waals surface area contributed by atoms with Crippen molar-refractivity contribution in [1.82, 2.24) is 9.55 Å². The van der Waals surface area contributed by atoms with Gasteiger partial charge >= 0.3 is 0 Å². The Morgan fingerprint density at radius 3 is 2.57 bits per heavy atom. The average molecular weight is 328 g/mol. The van der Waals surface area contributed by atoms with Gasteiger partial charge in [0.25, 0.3) is 5.91 Å². The normalized spacial score (nSPS) is 10.3. The van der Waals surface area contributed by atoms with Crippen LogP contribution in [0.3, 0.4) is 0 Å². The number of carbonyl (C=O) groups excluding carboxylic acids is 1. The van der Waals surface area contributed by atoms with Crippen molar-refractivity contribution in [3.63, 3.8) is 0 Å². The van der Waals surface area contributed by atoms with Crippen LogP contribution in [0.4, 0.5) is 5.69 Å². The van der Waals surface area contributed by atoms with Crippen molar-refractivity contribution in [2.24, 2.45) is 0 Å².